The lowest BCUT2D eigenvalue weighted by atomic mass is 9.93. The second-order valence-corrected chi connectivity index (χ2v) is 8.77. The van der Waals surface area contributed by atoms with Crippen LogP contribution in [-0.2, 0) is 4.79 Å². The summed E-state index contributed by atoms with van der Waals surface area (Å²) in [5.41, 5.74) is 0. The first-order valence-electron chi connectivity index (χ1n) is 11.2. The Kier molecular flexibility index (Phi) is 8.22. The van der Waals surface area contributed by atoms with E-state index in [-0.39, 0.29) is 36.5 Å². The van der Waals surface area contributed by atoms with Gasteiger partial charge in [-0.2, -0.15) is 0 Å². The van der Waals surface area contributed by atoms with E-state index in [1.807, 2.05) is 12.1 Å². The van der Waals surface area contributed by atoms with Crippen LogP contribution in [-0.4, -0.2) is 82.9 Å². The Balaban J connectivity index is 1.77. The number of urea groups is 1. The standard InChI is InChI=1S/C22H35N5O4/c1-15(2)13-27-20-19(21(29)26(3)22(27)30)24-17(9-5-4-6-11-28)18(25-20)14-31-16-8-7-10-23-12-16/h7-8,10,12,15,17-20,24-25,28H,4-6,9,11,13-14H2,1-3H3. The lowest BCUT2D eigenvalue weighted by molar-refractivity contribution is -0.138. The van der Waals surface area contributed by atoms with E-state index in [0.717, 1.165) is 25.7 Å². The molecular weight excluding hydrogens is 398 g/mol. The molecule has 2 fully saturated rings. The molecule has 0 radical (unpaired) electrons. The Morgan fingerprint density at radius 3 is 2.68 bits per heavy atom. The Labute approximate surface area is 184 Å². The van der Waals surface area contributed by atoms with Crippen molar-refractivity contribution >= 4 is 11.9 Å². The number of likely N-dealkylation sites (N-methyl/N-ethyl adjacent to an activating group) is 1. The number of unbranched alkanes of at least 4 members (excludes halogenated alkanes) is 2. The van der Waals surface area contributed by atoms with E-state index in [4.69, 9.17) is 9.84 Å². The molecule has 1 aromatic heterocycles. The van der Waals surface area contributed by atoms with Crippen LogP contribution in [0.2, 0.25) is 0 Å². The van der Waals surface area contributed by atoms with Crippen molar-refractivity contribution in [1.82, 2.24) is 25.4 Å². The minimum Gasteiger partial charge on any atom is -0.490 e. The number of pyridine rings is 1. The second kappa shape index (κ2) is 10.9. The maximum absolute atomic E-state index is 12.9. The molecular formula is C22H35N5O4. The zero-order valence-corrected chi connectivity index (χ0v) is 18.7. The fraction of sp³-hybridized carbons (Fsp3) is 0.682. The SMILES string of the molecule is CC(C)CN1C(=O)N(C)C(=O)C2NC(CCCCCO)C(COc3cccnc3)NC21. The molecule has 4 unspecified atom stereocenters. The van der Waals surface area contributed by atoms with Crippen molar-refractivity contribution in [2.45, 2.75) is 63.8 Å². The molecule has 3 N–H and O–H groups in total. The van der Waals surface area contributed by atoms with E-state index in [1.54, 1.807) is 24.3 Å². The van der Waals surface area contributed by atoms with Gasteiger partial charge in [-0.3, -0.25) is 25.3 Å². The topological polar surface area (TPSA) is 107 Å². The first-order chi connectivity index (χ1) is 14.9. The predicted octanol–water partition coefficient (Wildman–Crippen LogP) is 1.19. The summed E-state index contributed by atoms with van der Waals surface area (Å²) in [4.78, 5) is 32.8. The molecule has 172 valence electrons. The van der Waals surface area contributed by atoms with Crippen molar-refractivity contribution in [2.75, 3.05) is 26.8 Å². The van der Waals surface area contributed by atoms with Crippen molar-refractivity contribution in [3.05, 3.63) is 24.5 Å². The zero-order chi connectivity index (χ0) is 22.4. The van der Waals surface area contributed by atoms with Crippen LogP contribution in [0.4, 0.5) is 4.79 Å². The number of imide groups is 1. The molecule has 0 aliphatic carbocycles. The third-order valence-corrected chi connectivity index (χ3v) is 5.84. The number of aliphatic hydroxyl groups is 1. The van der Waals surface area contributed by atoms with E-state index in [9.17, 15) is 9.59 Å². The lowest BCUT2D eigenvalue weighted by Gasteiger charge is -2.51. The van der Waals surface area contributed by atoms with Gasteiger partial charge in [-0.05, 0) is 30.9 Å². The molecule has 2 aliphatic heterocycles. The number of hydrogen-bond donors (Lipinski definition) is 3. The van der Waals surface area contributed by atoms with Crippen LogP contribution in [0, 0.1) is 5.92 Å². The van der Waals surface area contributed by atoms with Crippen LogP contribution in [0.5, 0.6) is 5.75 Å². The molecule has 0 aromatic carbocycles. The van der Waals surface area contributed by atoms with Gasteiger partial charge in [0.05, 0.1) is 12.2 Å². The van der Waals surface area contributed by atoms with Crippen LogP contribution in [0.3, 0.4) is 0 Å². The average molecular weight is 434 g/mol. The maximum atomic E-state index is 12.9. The summed E-state index contributed by atoms with van der Waals surface area (Å²) in [5, 5.41) is 16.1. The van der Waals surface area contributed by atoms with Gasteiger partial charge in [-0.1, -0.05) is 26.7 Å². The Morgan fingerprint density at radius 1 is 1.19 bits per heavy atom. The fourth-order valence-electron chi connectivity index (χ4n) is 4.27. The summed E-state index contributed by atoms with van der Waals surface area (Å²) in [5.74, 6) is 0.740. The van der Waals surface area contributed by atoms with Gasteiger partial charge < -0.3 is 14.7 Å². The number of carbonyl (C=O) groups is 2. The summed E-state index contributed by atoms with van der Waals surface area (Å²) in [6.07, 6.45) is 6.40. The van der Waals surface area contributed by atoms with E-state index in [1.165, 1.54) is 4.90 Å². The lowest BCUT2D eigenvalue weighted by Crippen LogP contribution is -2.79. The number of carbonyl (C=O) groups excluding carboxylic acids is 2. The second-order valence-electron chi connectivity index (χ2n) is 8.77. The minimum atomic E-state index is -0.501. The largest absolute Gasteiger partial charge is 0.490 e. The number of aliphatic hydroxyl groups excluding tert-OH is 1. The van der Waals surface area contributed by atoms with Gasteiger partial charge in [0.15, 0.2) is 0 Å². The molecule has 2 aliphatic rings. The molecule has 2 saturated heterocycles. The van der Waals surface area contributed by atoms with Gasteiger partial charge in [0.2, 0.25) is 0 Å². The number of nitrogens with one attached hydrogen (secondary N) is 2. The summed E-state index contributed by atoms with van der Waals surface area (Å²) in [6.45, 7) is 5.25. The highest BCUT2D eigenvalue weighted by molar-refractivity contribution is 6.00. The van der Waals surface area contributed by atoms with E-state index >= 15 is 0 Å². The normalized spacial score (nSPS) is 26.4. The van der Waals surface area contributed by atoms with Crippen LogP contribution in [0.15, 0.2) is 24.5 Å². The molecule has 3 rings (SSSR count). The third kappa shape index (κ3) is 5.72. The van der Waals surface area contributed by atoms with Crippen molar-refractivity contribution in [1.29, 1.82) is 0 Å². The molecule has 9 heteroatoms. The molecule has 4 atom stereocenters. The van der Waals surface area contributed by atoms with Gasteiger partial charge in [0.25, 0.3) is 5.91 Å². The number of fused-ring (bicyclic) bond motifs is 1. The van der Waals surface area contributed by atoms with Gasteiger partial charge in [-0.25, -0.2) is 4.79 Å². The highest BCUT2D eigenvalue weighted by atomic mass is 16.5. The van der Waals surface area contributed by atoms with E-state index in [2.05, 4.69) is 29.5 Å². The monoisotopic (exact) mass is 433 g/mol. The van der Waals surface area contributed by atoms with Gasteiger partial charge >= 0.3 is 6.03 Å². The number of aromatic nitrogens is 1. The zero-order valence-electron chi connectivity index (χ0n) is 18.7. The Hall–Kier alpha value is -2.23. The van der Waals surface area contributed by atoms with Gasteiger partial charge in [0, 0.05) is 32.4 Å². The number of rotatable bonds is 10. The van der Waals surface area contributed by atoms with Crippen LogP contribution in [0.1, 0.15) is 39.5 Å². The highest BCUT2D eigenvalue weighted by Crippen LogP contribution is 2.24. The number of amides is 3. The minimum absolute atomic E-state index is 0.00284. The molecule has 9 nitrogen and oxygen atoms in total. The number of nitrogens with zero attached hydrogens (tertiary/aromatic N) is 3. The summed E-state index contributed by atoms with van der Waals surface area (Å²) < 4.78 is 5.97. The molecule has 3 heterocycles. The van der Waals surface area contributed by atoms with Crippen LogP contribution >= 0.6 is 0 Å². The summed E-state index contributed by atoms with van der Waals surface area (Å²) in [6, 6.07) is 2.82. The summed E-state index contributed by atoms with van der Waals surface area (Å²) in [7, 11) is 1.55. The number of piperazine rings is 1. The quantitative estimate of drug-likeness (QED) is 0.476. The van der Waals surface area contributed by atoms with Crippen molar-refractivity contribution in [3.8, 4) is 5.75 Å². The molecule has 0 bridgehead atoms. The van der Waals surface area contributed by atoms with Crippen LogP contribution < -0.4 is 15.4 Å². The molecule has 1 aromatic rings. The number of ether oxygens (including phenoxy) is 1. The third-order valence-electron chi connectivity index (χ3n) is 5.84. The highest BCUT2D eigenvalue weighted by Gasteiger charge is 2.50. The van der Waals surface area contributed by atoms with Gasteiger partial charge in [0.1, 0.15) is 24.6 Å². The Morgan fingerprint density at radius 2 is 2.00 bits per heavy atom. The smallest absolute Gasteiger partial charge is 0.327 e. The van der Waals surface area contributed by atoms with Gasteiger partial charge in [-0.15, -0.1) is 0 Å². The van der Waals surface area contributed by atoms with E-state index in [0.29, 0.717) is 18.9 Å². The molecule has 3 amide bonds. The first-order valence-corrected chi connectivity index (χ1v) is 11.2. The fourth-order valence-corrected chi connectivity index (χ4v) is 4.27. The number of hydrogen-bond acceptors (Lipinski definition) is 7. The average Bonchev–Trinajstić information content (AvgIpc) is 2.77. The molecule has 0 saturated carbocycles. The predicted molar refractivity (Wildman–Crippen MR) is 116 cm³/mol. The van der Waals surface area contributed by atoms with Crippen molar-refractivity contribution in [2.24, 2.45) is 5.92 Å². The maximum Gasteiger partial charge on any atom is 0.327 e. The first kappa shape index (κ1) is 23.4. The molecule has 0 spiro atoms. The summed E-state index contributed by atoms with van der Waals surface area (Å²) >= 11 is 0. The van der Waals surface area contributed by atoms with Crippen molar-refractivity contribution < 1.29 is 19.4 Å². The van der Waals surface area contributed by atoms with E-state index < -0.39 is 12.2 Å². The molecule has 31 heavy (non-hydrogen) atoms. The van der Waals surface area contributed by atoms with Crippen molar-refractivity contribution in [3.63, 3.8) is 0 Å². The van der Waals surface area contributed by atoms with Crippen LogP contribution in [0.25, 0.3) is 0 Å². The Bertz CT molecular complexity index is 732.